The minimum absolute atomic E-state index is 0.0933. The number of nitrogens with one attached hydrogen (secondary N) is 1. The highest BCUT2D eigenvalue weighted by atomic mass is 16.5. The molecule has 5 nitrogen and oxygen atoms in total. The van der Waals surface area contributed by atoms with Gasteiger partial charge in [0.25, 0.3) is 0 Å². The van der Waals surface area contributed by atoms with Crippen LogP contribution in [0.3, 0.4) is 0 Å². The number of esters is 1. The molecule has 0 heterocycles. The van der Waals surface area contributed by atoms with Gasteiger partial charge in [-0.25, -0.2) is 4.79 Å². The van der Waals surface area contributed by atoms with Crippen LogP contribution < -0.4 is 5.32 Å². The number of carbonyl (C=O) groups excluding carboxylic acids is 1. The van der Waals surface area contributed by atoms with Crippen LogP contribution in [0.1, 0.15) is 40.5 Å². The van der Waals surface area contributed by atoms with E-state index in [4.69, 9.17) is 9.47 Å². The van der Waals surface area contributed by atoms with Gasteiger partial charge in [-0.05, 0) is 45.7 Å². The number of hydrogen-bond acceptors (Lipinski definition) is 5. The standard InChI is InChI=1S/C16H32N2O3/c1-5-17-16(14-9-10-14,15(19)21-8-4)13-18(6-2)11-12-20-7-3/h14,17H,5-13H2,1-4H3. The lowest BCUT2D eigenvalue weighted by atomic mass is 9.92. The van der Waals surface area contributed by atoms with Gasteiger partial charge in [0.05, 0.1) is 13.2 Å². The van der Waals surface area contributed by atoms with Crippen molar-refractivity contribution in [2.24, 2.45) is 5.92 Å². The Morgan fingerprint density at radius 1 is 1.24 bits per heavy atom. The molecule has 124 valence electrons. The van der Waals surface area contributed by atoms with Crippen molar-refractivity contribution in [2.45, 2.75) is 46.1 Å². The average Bonchev–Trinajstić information content (AvgIpc) is 3.30. The van der Waals surface area contributed by atoms with Crippen molar-refractivity contribution in [3.05, 3.63) is 0 Å². The van der Waals surface area contributed by atoms with E-state index < -0.39 is 5.54 Å². The Bertz CT molecular complexity index is 308. The summed E-state index contributed by atoms with van der Waals surface area (Å²) in [5, 5.41) is 3.44. The van der Waals surface area contributed by atoms with Gasteiger partial charge < -0.3 is 14.8 Å². The van der Waals surface area contributed by atoms with Crippen LogP contribution >= 0.6 is 0 Å². The van der Waals surface area contributed by atoms with Crippen LogP contribution in [0, 0.1) is 5.92 Å². The molecule has 1 saturated carbocycles. The molecule has 0 aliphatic heterocycles. The molecular formula is C16H32N2O3. The summed E-state index contributed by atoms with van der Waals surface area (Å²) in [6.45, 7) is 13.2. The van der Waals surface area contributed by atoms with Gasteiger partial charge in [0, 0.05) is 19.7 Å². The summed E-state index contributed by atoms with van der Waals surface area (Å²) in [6.07, 6.45) is 2.21. The molecule has 0 aromatic rings. The molecule has 0 bridgehead atoms. The van der Waals surface area contributed by atoms with Crippen molar-refractivity contribution in [1.29, 1.82) is 0 Å². The third kappa shape index (κ3) is 5.24. The molecule has 0 spiro atoms. The lowest BCUT2D eigenvalue weighted by molar-refractivity contribution is -0.153. The van der Waals surface area contributed by atoms with E-state index in [1.54, 1.807) is 0 Å². The lowest BCUT2D eigenvalue weighted by Gasteiger charge is -2.37. The van der Waals surface area contributed by atoms with Crippen LogP contribution in [0.4, 0.5) is 0 Å². The number of rotatable bonds is 12. The normalized spacial score (nSPS) is 17.8. The van der Waals surface area contributed by atoms with Crippen LogP contribution in [-0.4, -0.2) is 62.4 Å². The molecule has 1 aliphatic rings. The zero-order valence-electron chi connectivity index (χ0n) is 14.1. The maximum absolute atomic E-state index is 12.6. The molecule has 0 amide bonds. The van der Waals surface area contributed by atoms with Gasteiger partial charge in [-0.3, -0.25) is 4.90 Å². The first-order chi connectivity index (χ1) is 10.1. The van der Waals surface area contributed by atoms with E-state index in [2.05, 4.69) is 17.1 Å². The number of nitrogens with zero attached hydrogens (tertiary/aromatic N) is 1. The largest absolute Gasteiger partial charge is 0.465 e. The third-order valence-electron chi connectivity index (χ3n) is 4.08. The summed E-state index contributed by atoms with van der Waals surface area (Å²) in [6, 6.07) is 0. The molecular weight excluding hydrogens is 268 g/mol. The SMILES string of the molecule is CCNC(CN(CC)CCOCC)(C(=O)OCC)C1CC1. The molecule has 1 aliphatic carbocycles. The maximum atomic E-state index is 12.6. The molecule has 1 N–H and O–H groups in total. The van der Waals surface area contributed by atoms with Crippen LogP contribution in [-0.2, 0) is 14.3 Å². The first kappa shape index (κ1) is 18.4. The fraction of sp³-hybridized carbons (Fsp3) is 0.938. The lowest BCUT2D eigenvalue weighted by Crippen LogP contribution is -2.61. The van der Waals surface area contributed by atoms with Gasteiger partial charge in [-0.2, -0.15) is 0 Å². The van der Waals surface area contributed by atoms with E-state index in [9.17, 15) is 4.79 Å². The quantitative estimate of drug-likeness (QED) is 0.439. The number of ether oxygens (including phenoxy) is 2. The van der Waals surface area contributed by atoms with Crippen LogP contribution in [0.5, 0.6) is 0 Å². The Hall–Kier alpha value is -0.650. The molecule has 1 unspecified atom stereocenters. The van der Waals surface area contributed by atoms with Gasteiger partial charge in [-0.1, -0.05) is 13.8 Å². The van der Waals surface area contributed by atoms with E-state index in [1.807, 2.05) is 20.8 Å². The minimum atomic E-state index is -0.549. The Morgan fingerprint density at radius 2 is 1.95 bits per heavy atom. The van der Waals surface area contributed by atoms with Crippen molar-refractivity contribution in [3.63, 3.8) is 0 Å². The highest BCUT2D eigenvalue weighted by Crippen LogP contribution is 2.41. The molecule has 1 atom stereocenters. The number of likely N-dealkylation sites (N-methyl/N-ethyl adjacent to an activating group) is 2. The zero-order valence-corrected chi connectivity index (χ0v) is 14.1. The molecule has 1 fully saturated rings. The number of carbonyl (C=O) groups is 1. The predicted octanol–water partition coefficient (Wildman–Crippen LogP) is 1.67. The second kappa shape index (κ2) is 9.38. The highest BCUT2D eigenvalue weighted by Gasteiger charge is 2.52. The Labute approximate surface area is 129 Å². The fourth-order valence-corrected chi connectivity index (χ4v) is 2.82. The van der Waals surface area contributed by atoms with Gasteiger partial charge in [0.2, 0.25) is 0 Å². The third-order valence-corrected chi connectivity index (χ3v) is 4.08. The second-order valence-electron chi connectivity index (χ2n) is 5.56. The van der Waals surface area contributed by atoms with E-state index in [1.165, 1.54) is 0 Å². The summed E-state index contributed by atoms with van der Waals surface area (Å²) >= 11 is 0. The van der Waals surface area contributed by atoms with E-state index >= 15 is 0 Å². The van der Waals surface area contributed by atoms with Crippen LogP contribution in [0.15, 0.2) is 0 Å². The Kier molecular flexibility index (Phi) is 8.22. The number of hydrogen-bond donors (Lipinski definition) is 1. The molecule has 0 aromatic heterocycles. The Morgan fingerprint density at radius 3 is 2.43 bits per heavy atom. The van der Waals surface area contributed by atoms with Crippen molar-refractivity contribution in [1.82, 2.24) is 10.2 Å². The average molecular weight is 300 g/mol. The molecule has 0 saturated heterocycles. The predicted molar refractivity (Wildman–Crippen MR) is 84.4 cm³/mol. The van der Waals surface area contributed by atoms with Crippen LogP contribution in [0.2, 0.25) is 0 Å². The van der Waals surface area contributed by atoms with E-state index in [0.717, 1.165) is 39.1 Å². The van der Waals surface area contributed by atoms with Crippen LogP contribution in [0.25, 0.3) is 0 Å². The minimum Gasteiger partial charge on any atom is -0.465 e. The van der Waals surface area contributed by atoms with Gasteiger partial charge >= 0.3 is 5.97 Å². The van der Waals surface area contributed by atoms with Crippen molar-refractivity contribution in [2.75, 3.05) is 46.0 Å². The molecule has 5 heteroatoms. The highest BCUT2D eigenvalue weighted by molar-refractivity contribution is 5.82. The topological polar surface area (TPSA) is 50.8 Å². The maximum Gasteiger partial charge on any atom is 0.327 e. The van der Waals surface area contributed by atoms with Crippen molar-refractivity contribution >= 4 is 5.97 Å². The first-order valence-electron chi connectivity index (χ1n) is 8.36. The molecule has 0 radical (unpaired) electrons. The zero-order chi connectivity index (χ0) is 15.7. The van der Waals surface area contributed by atoms with E-state index in [-0.39, 0.29) is 5.97 Å². The van der Waals surface area contributed by atoms with Crippen molar-refractivity contribution < 1.29 is 14.3 Å². The Balaban J connectivity index is 2.76. The smallest absolute Gasteiger partial charge is 0.327 e. The summed E-state index contributed by atoms with van der Waals surface area (Å²) < 4.78 is 10.8. The second-order valence-corrected chi connectivity index (χ2v) is 5.56. The molecule has 1 rings (SSSR count). The molecule has 21 heavy (non-hydrogen) atoms. The van der Waals surface area contributed by atoms with Crippen molar-refractivity contribution in [3.8, 4) is 0 Å². The summed E-state index contributed by atoms with van der Waals surface area (Å²) in [5.74, 6) is 0.307. The van der Waals surface area contributed by atoms with Gasteiger partial charge in [-0.15, -0.1) is 0 Å². The van der Waals surface area contributed by atoms with Gasteiger partial charge in [0.1, 0.15) is 5.54 Å². The summed E-state index contributed by atoms with van der Waals surface area (Å²) in [4.78, 5) is 14.9. The van der Waals surface area contributed by atoms with E-state index in [0.29, 0.717) is 25.7 Å². The monoisotopic (exact) mass is 300 g/mol. The fourth-order valence-electron chi connectivity index (χ4n) is 2.82. The molecule has 0 aromatic carbocycles. The first-order valence-corrected chi connectivity index (χ1v) is 8.36. The summed E-state index contributed by atoms with van der Waals surface area (Å²) in [5.41, 5.74) is -0.549. The van der Waals surface area contributed by atoms with Gasteiger partial charge in [0.15, 0.2) is 0 Å². The summed E-state index contributed by atoms with van der Waals surface area (Å²) in [7, 11) is 0.